The van der Waals surface area contributed by atoms with Gasteiger partial charge in [0.25, 0.3) is 0 Å². The average molecular weight is 331 g/mol. The second-order valence-electron chi connectivity index (χ2n) is 6.07. The van der Waals surface area contributed by atoms with Crippen molar-refractivity contribution in [2.45, 2.75) is 38.6 Å². The summed E-state index contributed by atoms with van der Waals surface area (Å²) in [4.78, 5) is 12.2. The Morgan fingerprint density at radius 1 is 1.48 bits per heavy atom. The fraction of sp³-hybridized carbons (Fsp3) is 0.562. The summed E-state index contributed by atoms with van der Waals surface area (Å²) in [5.41, 5.74) is 6.88. The Balaban J connectivity index is 0.00000220. The monoisotopic (exact) mass is 330 g/mol. The molecule has 1 saturated carbocycles. The number of hydrogen-bond donors (Lipinski definition) is 2. The van der Waals surface area contributed by atoms with Crippen molar-refractivity contribution in [3.63, 3.8) is 0 Å². The number of carbonyl (C=O) groups excluding carboxylic acids is 1. The van der Waals surface area contributed by atoms with E-state index in [2.05, 4.69) is 19.2 Å². The molecule has 118 valence electrons. The van der Waals surface area contributed by atoms with E-state index < -0.39 is 0 Å². The highest BCUT2D eigenvalue weighted by atomic mass is 35.5. The zero-order valence-electron chi connectivity index (χ0n) is 12.5. The fourth-order valence-corrected chi connectivity index (χ4v) is 2.88. The van der Waals surface area contributed by atoms with E-state index in [-0.39, 0.29) is 30.3 Å². The minimum atomic E-state index is 0. The minimum absolute atomic E-state index is 0. The Bertz CT molecular complexity index is 479. The Kier molecular flexibility index (Phi) is 6.98. The van der Waals surface area contributed by atoms with E-state index in [0.717, 1.165) is 23.4 Å². The summed E-state index contributed by atoms with van der Waals surface area (Å²) in [6.45, 7) is 4.78. The molecule has 0 bridgehead atoms. The molecule has 5 heteroatoms. The fourth-order valence-electron chi connectivity index (χ4n) is 2.68. The molecule has 0 spiro atoms. The number of nitrogens with two attached hydrogens (primary N) is 1. The van der Waals surface area contributed by atoms with Crippen molar-refractivity contribution in [1.82, 2.24) is 5.32 Å². The van der Waals surface area contributed by atoms with E-state index in [9.17, 15) is 4.79 Å². The van der Waals surface area contributed by atoms with Gasteiger partial charge in [-0.05, 0) is 42.4 Å². The van der Waals surface area contributed by atoms with E-state index in [0.29, 0.717) is 18.4 Å². The van der Waals surface area contributed by atoms with E-state index in [4.69, 9.17) is 17.3 Å². The van der Waals surface area contributed by atoms with Gasteiger partial charge in [0.05, 0.1) is 0 Å². The van der Waals surface area contributed by atoms with E-state index in [1.54, 1.807) is 0 Å². The summed E-state index contributed by atoms with van der Waals surface area (Å²) in [6, 6.07) is 7.87. The first-order valence-corrected chi connectivity index (χ1v) is 7.65. The smallest absolute Gasteiger partial charge is 0.224 e. The van der Waals surface area contributed by atoms with Crippen LogP contribution in [0.4, 0.5) is 0 Å². The lowest BCUT2D eigenvalue weighted by atomic mass is 10.0. The summed E-state index contributed by atoms with van der Waals surface area (Å²) in [7, 11) is 0. The maximum atomic E-state index is 12.2. The number of rotatable bonds is 6. The second kappa shape index (κ2) is 8.02. The Hall–Kier alpha value is -0.770. The average Bonchev–Trinajstić information content (AvgIpc) is 3.17. The molecule has 3 nitrogen and oxygen atoms in total. The predicted octanol–water partition coefficient (Wildman–Crippen LogP) is 3.35. The van der Waals surface area contributed by atoms with Gasteiger partial charge in [0.1, 0.15) is 0 Å². The molecule has 0 heterocycles. The van der Waals surface area contributed by atoms with Crippen LogP contribution in [-0.4, -0.2) is 18.5 Å². The zero-order chi connectivity index (χ0) is 14.7. The van der Waals surface area contributed by atoms with Crippen LogP contribution in [0.1, 0.15) is 38.2 Å². The molecule has 0 radical (unpaired) electrons. The molecule has 0 aromatic heterocycles. The van der Waals surface area contributed by atoms with Gasteiger partial charge < -0.3 is 11.1 Å². The third kappa shape index (κ3) is 5.17. The number of nitrogens with one attached hydrogen (secondary N) is 1. The lowest BCUT2D eigenvalue weighted by Crippen LogP contribution is -2.41. The number of amides is 1. The van der Waals surface area contributed by atoms with Gasteiger partial charge in [-0.2, -0.15) is 0 Å². The third-order valence-electron chi connectivity index (χ3n) is 3.79. The molecule has 1 aromatic rings. The molecule has 21 heavy (non-hydrogen) atoms. The molecular formula is C16H24Cl2N2O. The van der Waals surface area contributed by atoms with Crippen LogP contribution in [0.3, 0.4) is 0 Å². The Morgan fingerprint density at radius 2 is 2.19 bits per heavy atom. The zero-order valence-corrected chi connectivity index (χ0v) is 14.1. The summed E-state index contributed by atoms with van der Waals surface area (Å²) in [5, 5.41) is 3.81. The maximum absolute atomic E-state index is 12.2. The molecule has 1 aliphatic carbocycles. The van der Waals surface area contributed by atoms with Crippen LogP contribution in [0.15, 0.2) is 24.3 Å². The van der Waals surface area contributed by atoms with Gasteiger partial charge in [-0.1, -0.05) is 37.6 Å². The molecule has 3 atom stereocenters. The molecular weight excluding hydrogens is 307 g/mol. The van der Waals surface area contributed by atoms with Crippen LogP contribution in [0, 0.1) is 11.8 Å². The number of benzene rings is 1. The van der Waals surface area contributed by atoms with E-state index in [1.807, 2.05) is 24.3 Å². The number of hydrogen-bond acceptors (Lipinski definition) is 2. The van der Waals surface area contributed by atoms with Crippen molar-refractivity contribution in [3.05, 3.63) is 34.9 Å². The van der Waals surface area contributed by atoms with Gasteiger partial charge in [-0.15, -0.1) is 12.4 Å². The summed E-state index contributed by atoms with van der Waals surface area (Å²) in [5.74, 6) is 1.05. The van der Waals surface area contributed by atoms with Crippen LogP contribution in [0.5, 0.6) is 0 Å². The molecule has 0 saturated heterocycles. The molecule has 1 aromatic carbocycles. The number of carbonyl (C=O) groups is 1. The van der Waals surface area contributed by atoms with Gasteiger partial charge in [0, 0.05) is 23.5 Å². The largest absolute Gasteiger partial charge is 0.352 e. The van der Waals surface area contributed by atoms with Crippen LogP contribution in [0.25, 0.3) is 0 Å². The van der Waals surface area contributed by atoms with E-state index in [1.165, 1.54) is 0 Å². The topological polar surface area (TPSA) is 55.1 Å². The second-order valence-corrected chi connectivity index (χ2v) is 6.51. The Morgan fingerprint density at radius 3 is 2.76 bits per heavy atom. The Labute approximate surface area is 138 Å². The maximum Gasteiger partial charge on any atom is 0.224 e. The van der Waals surface area contributed by atoms with Crippen LogP contribution in [0.2, 0.25) is 5.02 Å². The third-order valence-corrected chi connectivity index (χ3v) is 4.03. The molecule has 3 N–H and O–H groups in total. The molecule has 1 amide bonds. The van der Waals surface area contributed by atoms with Crippen molar-refractivity contribution in [2.75, 3.05) is 6.54 Å². The van der Waals surface area contributed by atoms with Gasteiger partial charge in [-0.3, -0.25) is 4.79 Å². The molecule has 0 aliphatic heterocycles. The van der Waals surface area contributed by atoms with Gasteiger partial charge in [-0.25, -0.2) is 0 Å². The van der Waals surface area contributed by atoms with Gasteiger partial charge in [0.15, 0.2) is 0 Å². The van der Waals surface area contributed by atoms with Crippen molar-refractivity contribution >= 4 is 29.9 Å². The SMILES string of the molecule is CC(C)CC(CN)NC(=O)C1CC1c1cccc(Cl)c1.Cl. The van der Waals surface area contributed by atoms with Crippen molar-refractivity contribution in [1.29, 1.82) is 0 Å². The first-order chi connectivity index (χ1) is 9.51. The van der Waals surface area contributed by atoms with Gasteiger partial charge >= 0.3 is 0 Å². The highest BCUT2D eigenvalue weighted by Crippen LogP contribution is 2.48. The van der Waals surface area contributed by atoms with Crippen LogP contribution in [-0.2, 0) is 4.79 Å². The summed E-state index contributed by atoms with van der Waals surface area (Å²) < 4.78 is 0. The lowest BCUT2D eigenvalue weighted by Gasteiger charge is -2.18. The van der Waals surface area contributed by atoms with Crippen molar-refractivity contribution < 1.29 is 4.79 Å². The summed E-state index contributed by atoms with van der Waals surface area (Å²) in [6.07, 6.45) is 1.84. The molecule has 2 rings (SSSR count). The highest BCUT2D eigenvalue weighted by molar-refractivity contribution is 6.30. The highest BCUT2D eigenvalue weighted by Gasteiger charge is 2.44. The lowest BCUT2D eigenvalue weighted by molar-refractivity contribution is -0.123. The first-order valence-electron chi connectivity index (χ1n) is 7.27. The quantitative estimate of drug-likeness (QED) is 0.840. The standard InChI is InChI=1S/C16H23ClN2O.ClH/c1-10(2)6-13(9-18)19-16(20)15-8-14(15)11-4-3-5-12(17)7-11;/h3-5,7,10,13-15H,6,8-9,18H2,1-2H3,(H,19,20);1H. The van der Waals surface area contributed by atoms with Crippen molar-refractivity contribution in [3.8, 4) is 0 Å². The summed E-state index contributed by atoms with van der Waals surface area (Å²) >= 11 is 5.99. The van der Waals surface area contributed by atoms with Crippen LogP contribution >= 0.6 is 24.0 Å². The predicted molar refractivity (Wildman–Crippen MR) is 90.0 cm³/mol. The number of halogens is 2. The normalized spacial score (nSPS) is 21.6. The minimum Gasteiger partial charge on any atom is -0.352 e. The molecule has 1 aliphatic rings. The van der Waals surface area contributed by atoms with E-state index >= 15 is 0 Å². The van der Waals surface area contributed by atoms with Crippen molar-refractivity contribution in [2.24, 2.45) is 17.6 Å². The van der Waals surface area contributed by atoms with Gasteiger partial charge in [0.2, 0.25) is 5.91 Å². The van der Waals surface area contributed by atoms with Crippen LogP contribution < -0.4 is 11.1 Å². The molecule has 3 unspecified atom stereocenters. The molecule has 1 fully saturated rings. The first kappa shape index (κ1) is 18.3.